The molecule has 1 aliphatic heterocycles. The molecule has 0 saturated heterocycles. The van der Waals surface area contributed by atoms with E-state index < -0.39 is 0 Å². The second kappa shape index (κ2) is 5.81. The second-order valence-electron chi connectivity index (χ2n) is 5.02. The molecule has 21 heavy (non-hydrogen) atoms. The topological polar surface area (TPSA) is 38.3 Å². The second-order valence-corrected chi connectivity index (χ2v) is 6.85. The Hall–Kier alpha value is -1.33. The Morgan fingerprint density at radius 2 is 2.00 bits per heavy atom. The van der Waals surface area contributed by atoms with Gasteiger partial charge < -0.3 is 10.1 Å². The van der Waals surface area contributed by atoms with Gasteiger partial charge in [-0.2, -0.15) is 0 Å². The first-order chi connectivity index (χ1) is 10.0. The molecule has 3 nitrogen and oxygen atoms in total. The number of carbonyl (C=O) groups excluding carboxylic acids is 1. The van der Waals surface area contributed by atoms with Crippen LogP contribution in [-0.4, -0.2) is 12.5 Å². The molecule has 5 heteroatoms. The lowest BCUT2D eigenvalue weighted by Gasteiger charge is -2.20. The van der Waals surface area contributed by atoms with Crippen LogP contribution in [0.3, 0.4) is 0 Å². The fourth-order valence-corrected chi connectivity index (χ4v) is 3.54. The minimum Gasteiger partial charge on any atom is -0.482 e. The van der Waals surface area contributed by atoms with Crippen molar-refractivity contribution in [2.45, 2.75) is 11.8 Å². The van der Waals surface area contributed by atoms with Crippen LogP contribution in [0.25, 0.3) is 0 Å². The normalized spacial score (nSPS) is 14.9. The first kappa shape index (κ1) is 14.6. The lowest BCUT2D eigenvalue weighted by Crippen LogP contribution is -2.25. The van der Waals surface area contributed by atoms with Gasteiger partial charge in [0.05, 0.1) is 10.5 Å². The minimum absolute atomic E-state index is 0.0535. The van der Waals surface area contributed by atoms with Crippen molar-refractivity contribution in [3.8, 4) is 5.75 Å². The molecule has 2 aromatic carbocycles. The molecule has 1 N–H and O–H groups in total. The Labute approximate surface area is 140 Å². The molecule has 0 aliphatic carbocycles. The van der Waals surface area contributed by atoms with Gasteiger partial charge in [-0.1, -0.05) is 44.0 Å². The molecule has 0 aromatic heterocycles. The van der Waals surface area contributed by atoms with Gasteiger partial charge in [-0.3, -0.25) is 4.79 Å². The van der Waals surface area contributed by atoms with Crippen LogP contribution in [0.1, 0.15) is 21.5 Å². The van der Waals surface area contributed by atoms with Crippen LogP contribution in [0.2, 0.25) is 0 Å². The average molecular weight is 411 g/mol. The van der Waals surface area contributed by atoms with E-state index in [1.54, 1.807) is 0 Å². The number of ether oxygens (including phenoxy) is 1. The largest absolute Gasteiger partial charge is 0.482 e. The molecule has 0 bridgehead atoms. The molecule has 0 fully saturated rings. The van der Waals surface area contributed by atoms with Crippen molar-refractivity contribution >= 4 is 43.5 Å². The number of benzene rings is 2. The van der Waals surface area contributed by atoms with E-state index in [1.165, 1.54) is 5.56 Å². The van der Waals surface area contributed by atoms with Crippen molar-refractivity contribution in [2.24, 2.45) is 0 Å². The maximum absolute atomic E-state index is 11.4. The van der Waals surface area contributed by atoms with Gasteiger partial charge in [-0.25, -0.2) is 0 Å². The van der Waals surface area contributed by atoms with Gasteiger partial charge in [-0.05, 0) is 47.9 Å². The Balaban J connectivity index is 1.96. The smallest absolute Gasteiger partial charge is 0.262 e. The van der Waals surface area contributed by atoms with Crippen LogP contribution in [0.5, 0.6) is 5.75 Å². The van der Waals surface area contributed by atoms with E-state index in [0.717, 1.165) is 21.3 Å². The number of halogens is 2. The van der Waals surface area contributed by atoms with Crippen molar-refractivity contribution in [3.05, 3.63) is 57.6 Å². The molecular weight excluding hydrogens is 398 g/mol. The van der Waals surface area contributed by atoms with E-state index >= 15 is 0 Å². The fraction of sp³-hybridized carbons (Fsp3) is 0.188. The van der Waals surface area contributed by atoms with E-state index in [9.17, 15) is 4.79 Å². The Morgan fingerprint density at radius 1 is 1.19 bits per heavy atom. The number of hydrogen-bond acceptors (Lipinski definition) is 2. The third-order valence-electron chi connectivity index (χ3n) is 3.29. The summed E-state index contributed by atoms with van der Waals surface area (Å²) in [6, 6.07) is 12.1. The lowest BCUT2D eigenvalue weighted by atomic mass is 10.0. The van der Waals surface area contributed by atoms with Crippen molar-refractivity contribution < 1.29 is 9.53 Å². The Kier molecular flexibility index (Phi) is 4.04. The zero-order valence-electron chi connectivity index (χ0n) is 11.3. The summed E-state index contributed by atoms with van der Waals surface area (Å²) < 4.78 is 6.43. The zero-order chi connectivity index (χ0) is 15.0. The van der Waals surface area contributed by atoms with E-state index in [4.69, 9.17) is 4.74 Å². The predicted molar refractivity (Wildman–Crippen MR) is 90.2 cm³/mol. The number of nitrogens with one attached hydrogen (secondary N) is 1. The monoisotopic (exact) mass is 409 g/mol. The number of rotatable bonds is 2. The van der Waals surface area contributed by atoms with E-state index in [-0.39, 0.29) is 17.3 Å². The standard InChI is InChI=1S/C16H13Br2NO2/c1-9-4-11(6-12(17)5-9)16(18)10-2-3-14-13(7-10)19-15(20)8-21-14/h2-7,16H,8H2,1H3,(H,19,20). The van der Waals surface area contributed by atoms with Gasteiger partial charge in [-0.15, -0.1) is 0 Å². The quantitative estimate of drug-likeness (QED) is 0.736. The molecular formula is C16H13Br2NO2. The number of alkyl halides is 1. The molecule has 0 saturated carbocycles. The number of carbonyl (C=O) groups is 1. The number of amides is 1. The van der Waals surface area contributed by atoms with Crippen molar-refractivity contribution in [2.75, 3.05) is 11.9 Å². The minimum atomic E-state index is -0.121. The molecule has 2 aromatic rings. The molecule has 1 amide bonds. The number of anilines is 1. The molecule has 1 unspecified atom stereocenters. The van der Waals surface area contributed by atoms with Gasteiger partial charge in [0.15, 0.2) is 6.61 Å². The van der Waals surface area contributed by atoms with Gasteiger partial charge in [0.25, 0.3) is 5.91 Å². The van der Waals surface area contributed by atoms with Gasteiger partial charge in [0.2, 0.25) is 0 Å². The number of hydrogen-bond donors (Lipinski definition) is 1. The molecule has 108 valence electrons. The highest BCUT2D eigenvalue weighted by Crippen LogP contribution is 2.37. The SMILES string of the molecule is Cc1cc(Br)cc(C(Br)c2ccc3c(c2)NC(=O)CO3)c1. The van der Waals surface area contributed by atoms with Gasteiger partial charge in [0, 0.05) is 4.47 Å². The fourth-order valence-electron chi connectivity index (χ4n) is 2.36. The maximum Gasteiger partial charge on any atom is 0.262 e. The number of aryl methyl sites for hydroxylation is 1. The molecule has 1 atom stereocenters. The van der Waals surface area contributed by atoms with Gasteiger partial charge >= 0.3 is 0 Å². The van der Waals surface area contributed by atoms with E-state index in [0.29, 0.717) is 5.75 Å². The summed E-state index contributed by atoms with van der Waals surface area (Å²) in [5.41, 5.74) is 4.14. The summed E-state index contributed by atoms with van der Waals surface area (Å²) in [6.45, 7) is 2.14. The molecule has 0 spiro atoms. The highest BCUT2D eigenvalue weighted by molar-refractivity contribution is 9.10. The van der Waals surface area contributed by atoms with Crippen LogP contribution in [0.15, 0.2) is 40.9 Å². The van der Waals surface area contributed by atoms with Crippen LogP contribution in [0, 0.1) is 6.92 Å². The van der Waals surface area contributed by atoms with Crippen LogP contribution in [-0.2, 0) is 4.79 Å². The summed E-state index contributed by atoms with van der Waals surface area (Å²) >= 11 is 7.25. The zero-order valence-corrected chi connectivity index (χ0v) is 14.5. The average Bonchev–Trinajstić information content (AvgIpc) is 2.44. The van der Waals surface area contributed by atoms with E-state index in [1.807, 2.05) is 18.2 Å². The summed E-state index contributed by atoms with van der Waals surface area (Å²) in [5.74, 6) is 0.590. The van der Waals surface area contributed by atoms with Crippen molar-refractivity contribution in [1.82, 2.24) is 0 Å². The van der Waals surface area contributed by atoms with Crippen molar-refractivity contribution in [3.63, 3.8) is 0 Å². The summed E-state index contributed by atoms with van der Waals surface area (Å²) in [4.78, 5) is 11.5. The predicted octanol–water partition coefficient (Wildman–Crippen LogP) is 4.57. The third kappa shape index (κ3) is 3.14. The van der Waals surface area contributed by atoms with Crippen LogP contribution >= 0.6 is 31.9 Å². The lowest BCUT2D eigenvalue weighted by molar-refractivity contribution is -0.118. The summed E-state index contributed by atoms with van der Waals surface area (Å²) in [7, 11) is 0. The Morgan fingerprint density at radius 3 is 2.76 bits per heavy atom. The third-order valence-corrected chi connectivity index (χ3v) is 4.80. The first-order valence-corrected chi connectivity index (χ1v) is 8.21. The highest BCUT2D eigenvalue weighted by atomic mass is 79.9. The molecule has 3 rings (SSSR count). The maximum atomic E-state index is 11.4. The van der Waals surface area contributed by atoms with Crippen LogP contribution < -0.4 is 10.1 Å². The first-order valence-electron chi connectivity index (χ1n) is 6.51. The highest BCUT2D eigenvalue weighted by Gasteiger charge is 2.19. The van der Waals surface area contributed by atoms with E-state index in [2.05, 4.69) is 62.3 Å². The summed E-state index contributed by atoms with van der Waals surface area (Å²) in [6.07, 6.45) is 0. The molecule has 0 radical (unpaired) electrons. The Bertz CT molecular complexity index is 695. The van der Waals surface area contributed by atoms with Gasteiger partial charge in [0.1, 0.15) is 5.75 Å². The summed E-state index contributed by atoms with van der Waals surface area (Å²) in [5, 5.41) is 2.84. The number of fused-ring (bicyclic) bond motifs is 1. The van der Waals surface area contributed by atoms with Crippen LogP contribution in [0.4, 0.5) is 5.69 Å². The molecule has 1 aliphatic rings. The van der Waals surface area contributed by atoms with Crippen molar-refractivity contribution in [1.29, 1.82) is 0 Å². The molecule has 1 heterocycles.